The number of thiocarbonyl (C=S) groups is 1. The molecule has 3 N–H and O–H groups in total. The molecule has 0 fully saturated rings. The Morgan fingerprint density at radius 1 is 1.50 bits per heavy atom. The first-order valence-corrected chi connectivity index (χ1v) is 7.27. The number of nitrogens with one attached hydrogen (secondary N) is 1. The Hall–Kier alpha value is -1.33. The van der Waals surface area contributed by atoms with Gasteiger partial charge >= 0.3 is 0 Å². The summed E-state index contributed by atoms with van der Waals surface area (Å²) in [7, 11) is 0. The summed E-state index contributed by atoms with van der Waals surface area (Å²) in [5.41, 5.74) is 7.09. The summed E-state index contributed by atoms with van der Waals surface area (Å²) < 4.78 is 0. The van der Waals surface area contributed by atoms with Crippen molar-refractivity contribution in [2.75, 3.05) is 18.0 Å². The van der Waals surface area contributed by atoms with Crippen LogP contribution in [0.15, 0.2) is 18.2 Å². The minimum atomic E-state index is -0.0312. The molecule has 1 aromatic carbocycles. The van der Waals surface area contributed by atoms with Crippen molar-refractivity contribution in [3.63, 3.8) is 0 Å². The summed E-state index contributed by atoms with van der Waals surface area (Å²) in [4.78, 5) is 14.1. The molecule has 0 unspecified atom stereocenters. The number of hydrogen-bond donors (Lipinski definition) is 2. The molecule has 0 heterocycles. The number of likely N-dealkylation sites (N-methyl/N-ethyl adjacent to an activating group) is 1. The minimum absolute atomic E-state index is 0.0312. The summed E-state index contributed by atoms with van der Waals surface area (Å²) in [5, 5.41) is 3.40. The number of nitrogens with zero attached hydrogens (tertiary/aromatic N) is 1. The van der Waals surface area contributed by atoms with E-state index in [1.165, 1.54) is 0 Å². The normalized spacial score (nSPS) is 10.4. The number of amides is 1. The summed E-state index contributed by atoms with van der Waals surface area (Å²) >= 11 is 11.2. The molecule has 0 saturated heterocycles. The van der Waals surface area contributed by atoms with E-state index in [2.05, 4.69) is 5.32 Å². The van der Waals surface area contributed by atoms with Crippen LogP contribution in [0.2, 0.25) is 5.02 Å². The van der Waals surface area contributed by atoms with E-state index in [4.69, 9.17) is 29.6 Å². The maximum absolute atomic E-state index is 11.8. The van der Waals surface area contributed by atoms with Gasteiger partial charge in [-0.05, 0) is 39.0 Å². The van der Waals surface area contributed by atoms with E-state index in [0.29, 0.717) is 16.6 Å². The average Bonchev–Trinajstić information content (AvgIpc) is 2.35. The standard InChI is InChI=1S/C14H20ClN3OS/c1-4-18(8-13(19)17-9(2)3)12-6-5-10(14(16)20)7-11(12)15/h5-7,9H,4,8H2,1-3H3,(H2,16,20)(H,17,19). The quantitative estimate of drug-likeness (QED) is 0.791. The Kier molecular flexibility index (Phi) is 6.23. The minimum Gasteiger partial charge on any atom is -0.389 e. The molecule has 1 rings (SSSR count). The monoisotopic (exact) mass is 313 g/mol. The van der Waals surface area contributed by atoms with Crippen LogP contribution in [0.5, 0.6) is 0 Å². The van der Waals surface area contributed by atoms with Gasteiger partial charge in [-0.25, -0.2) is 0 Å². The maximum Gasteiger partial charge on any atom is 0.239 e. The fraction of sp³-hybridized carbons (Fsp3) is 0.429. The summed E-state index contributed by atoms with van der Waals surface area (Å²) in [6.07, 6.45) is 0. The van der Waals surface area contributed by atoms with Gasteiger partial charge in [0.15, 0.2) is 0 Å². The second-order valence-electron chi connectivity index (χ2n) is 4.77. The summed E-state index contributed by atoms with van der Waals surface area (Å²) in [5.74, 6) is -0.0312. The van der Waals surface area contributed by atoms with Crippen molar-refractivity contribution in [3.05, 3.63) is 28.8 Å². The van der Waals surface area contributed by atoms with Gasteiger partial charge in [0.25, 0.3) is 0 Å². The SMILES string of the molecule is CCN(CC(=O)NC(C)C)c1ccc(C(N)=S)cc1Cl. The van der Waals surface area contributed by atoms with E-state index in [1.54, 1.807) is 6.07 Å². The lowest BCUT2D eigenvalue weighted by Gasteiger charge is -2.24. The van der Waals surface area contributed by atoms with Gasteiger partial charge in [-0.3, -0.25) is 4.79 Å². The highest BCUT2D eigenvalue weighted by atomic mass is 35.5. The van der Waals surface area contributed by atoms with Crippen LogP contribution in [0.3, 0.4) is 0 Å². The second-order valence-corrected chi connectivity index (χ2v) is 5.61. The zero-order valence-corrected chi connectivity index (χ0v) is 13.5. The van der Waals surface area contributed by atoms with Crippen LogP contribution in [0, 0.1) is 0 Å². The third-order valence-electron chi connectivity index (χ3n) is 2.74. The van der Waals surface area contributed by atoms with E-state index in [-0.39, 0.29) is 18.5 Å². The van der Waals surface area contributed by atoms with Gasteiger partial charge in [0.05, 0.1) is 17.3 Å². The first-order valence-electron chi connectivity index (χ1n) is 6.48. The number of carbonyl (C=O) groups excluding carboxylic acids is 1. The molecule has 0 spiro atoms. The molecule has 0 aliphatic carbocycles. The number of carbonyl (C=O) groups is 1. The zero-order valence-electron chi connectivity index (χ0n) is 11.9. The lowest BCUT2D eigenvalue weighted by Crippen LogP contribution is -2.40. The summed E-state index contributed by atoms with van der Waals surface area (Å²) in [6, 6.07) is 5.49. The molecule has 110 valence electrons. The highest BCUT2D eigenvalue weighted by Crippen LogP contribution is 2.26. The Morgan fingerprint density at radius 2 is 2.15 bits per heavy atom. The predicted octanol–water partition coefficient (Wildman–Crippen LogP) is 2.33. The van der Waals surface area contributed by atoms with Crippen molar-refractivity contribution in [3.8, 4) is 0 Å². The number of hydrogen-bond acceptors (Lipinski definition) is 3. The molecule has 0 atom stereocenters. The number of benzene rings is 1. The fourth-order valence-corrected chi connectivity index (χ4v) is 2.25. The Balaban J connectivity index is 2.90. The van der Waals surface area contributed by atoms with Crippen LogP contribution in [-0.2, 0) is 4.79 Å². The molecule has 1 aromatic rings. The van der Waals surface area contributed by atoms with Crippen LogP contribution in [0.1, 0.15) is 26.3 Å². The first kappa shape index (κ1) is 16.7. The third-order valence-corrected chi connectivity index (χ3v) is 3.28. The number of halogens is 1. The number of anilines is 1. The molecule has 20 heavy (non-hydrogen) atoms. The van der Waals surface area contributed by atoms with Gasteiger partial charge in [0.1, 0.15) is 4.99 Å². The molecular weight excluding hydrogens is 294 g/mol. The Bertz CT molecular complexity index is 505. The smallest absolute Gasteiger partial charge is 0.239 e. The molecular formula is C14H20ClN3OS. The topological polar surface area (TPSA) is 58.4 Å². The average molecular weight is 314 g/mol. The van der Waals surface area contributed by atoms with E-state index in [0.717, 1.165) is 11.3 Å². The van der Waals surface area contributed by atoms with Gasteiger partial charge in [0.2, 0.25) is 5.91 Å². The lowest BCUT2D eigenvalue weighted by atomic mass is 10.2. The van der Waals surface area contributed by atoms with Crippen LogP contribution in [0.4, 0.5) is 5.69 Å². The molecule has 0 bridgehead atoms. The largest absolute Gasteiger partial charge is 0.389 e. The van der Waals surface area contributed by atoms with E-state index < -0.39 is 0 Å². The van der Waals surface area contributed by atoms with E-state index >= 15 is 0 Å². The summed E-state index contributed by atoms with van der Waals surface area (Å²) in [6.45, 7) is 6.77. The molecule has 0 aliphatic rings. The van der Waals surface area contributed by atoms with Crippen molar-refractivity contribution < 1.29 is 4.79 Å². The first-order chi connectivity index (χ1) is 9.35. The van der Waals surface area contributed by atoms with Crippen molar-refractivity contribution in [1.29, 1.82) is 0 Å². The van der Waals surface area contributed by atoms with Crippen molar-refractivity contribution >= 4 is 40.4 Å². The fourth-order valence-electron chi connectivity index (χ4n) is 1.82. The lowest BCUT2D eigenvalue weighted by molar-refractivity contribution is -0.120. The molecule has 4 nitrogen and oxygen atoms in total. The molecule has 6 heteroatoms. The molecule has 0 aromatic heterocycles. The van der Waals surface area contributed by atoms with Gasteiger partial charge in [-0.1, -0.05) is 23.8 Å². The molecule has 0 saturated carbocycles. The molecule has 1 amide bonds. The van der Waals surface area contributed by atoms with Crippen molar-refractivity contribution in [2.45, 2.75) is 26.8 Å². The van der Waals surface area contributed by atoms with Crippen LogP contribution in [0.25, 0.3) is 0 Å². The van der Waals surface area contributed by atoms with Gasteiger partial charge < -0.3 is 16.0 Å². The van der Waals surface area contributed by atoms with Crippen molar-refractivity contribution in [1.82, 2.24) is 5.32 Å². The van der Waals surface area contributed by atoms with Crippen LogP contribution < -0.4 is 16.0 Å². The van der Waals surface area contributed by atoms with Gasteiger partial charge in [-0.15, -0.1) is 0 Å². The molecule has 0 radical (unpaired) electrons. The van der Waals surface area contributed by atoms with Crippen LogP contribution in [-0.4, -0.2) is 30.0 Å². The van der Waals surface area contributed by atoms with E-state index in [1.807, 2.05) is 37.8 Å². The zero-order chi connectivity index (χ0) is 15.3. The van der Waals surface area contributed by atoms with Crippen molar-refractivity contribution in [2.24, 2.45) is 5.73 Å². The third kappa shape index (κ3) is 4.65. The second kappa shape index (κ2) is 7.45. The van der Waals surface area contributed by atoms with Gasteiger partial charge in [0, 0.05) is 18.2 Å². The number of nitrogens with two attached hydrogens (primary N) is 1. The Morgan fingerprint density at radius 3 is 2.60 bits per heavy atom. The maximum atomic E-state index is 11.8. The van der Waals surface area contributed by atoms with E-state index in [9.17, 15) is 4.79 Å². The highest BCUT2D eigenvalue weighted by molar-refractivity contribution is 7.80. The number of rotatable bonds is 6. The highest BCUT2D eigenvalue weighted by Gasteiger charge is 2.14. The van der Waals surface area contributed by atoms with Gasteiger partial charge in [-0.2, -0.15) is 0 Å². The molecule has 0 aliphatic heterocycles. The Labute approximate surface area is 130 Å². The van der Waals surface area contributed by atoms with Crippen LogP contribution >= 0.6 is 23.8 Å². The predicted molar refractivity (Wildman–Crippen MR) is 88.5 cm³/mol.